The Morgan fingerprint density at radius 1 is 1.17 bits per heavy atom. The molecule has 2 amide bonds. The van der Waals surface area contributed by atoms with E-state index >= 15 is 0 Å². The van der Waals surface area contributed by atoms with E-state index in [1.807, 2.05) is 37.4 Å². The second-order valence-corrected chi connectivity index (χ2v) is 8.03. The van der Waals surface area contributed by atoms with Crippen LogP contribution in [0.5, 0.6) is 0 Å². The molecule has 154 valence electrons. The van der Waals surface area contributed by atoms with Crippen molar-refractivity contribution in [1.29, 1.82) is 0 Å². The second-order valence-electron chi connectivity index (χ2n) is 7.05. The summed E-state index contributed by atoms with van der Waals surface area (Å²) in [5.41, 5.74) is 4.24. The van der Waals surface area contributed by atoms with Crippen molar-refractivity contribution in [3.63, 3.8) is 0 Å². The van der Waals surface area contributed by atoms with Crippen LogP contribution >= 0.6 is 11.8 Å². The van der Waals surface area contributed by atoms with Crippen LogP contribution in [-0.4, -0.2) is 35.7 Å². The van der Waals surface area contributed by atoms with Gasteiger partial charge in [-0.05, 0) is 42.7 Å². The minimum Gasteiger partial charge on any atom is -0.487 e. The zero-order valence-corrected chi connectivity index (χ0v) is 17.5. The number of aryl methyl sites for hydroxylation is 1. The molecule has 1 aliphatic heterocycles. The average molecular weight is 422 g/mol. The van der Waals surface area contributed by atoms with E-state index in [0.717, 1.165) is 23.3 Å². The van der Waals surface area contributed by atoms with E-state index in [0.29, 0.717) is 30.2 Å². The number of carbonyl (C=O) groups excluding carboxylic acids is 2. The van der Waals surface area contributed by atoms with Gasteiger partial charge in [-0.25, -0.2) is 0 Å². The van der Waals surface area contributed by atoms with Crippen LogP contribution in [-0.2, 0) is 16.0 Å². The third-order valence-electron chi connectivity index (χ3n) is 4.98. The molecule has 6 nitrogen and oxygen atoms in total. The number of anilines is 1. The Morgan fingerprint density at radius 2 is 2.03 bits per heavy atom. The largest absolute Gasteiger partial charge is 0.487 e. The molecule has 0 spiro atoms. The summed E-state index contributed by atoms with van der Waals surface area (Å²) in [4.78, 5) is 28.3. The van der Waals surface area contributed by atoms with Gasteiger partial charge in [0.15, 0.2) is 5.76 Å². The van der Waals surface area contributed by atoms with Gasteiger partial charge in [0.25, 0.3) is 11.8 Å². The van der Waals surface area contributed by atoms with Crippen LogP contribution in [0, 0.1) is 6.92 Å². The van der Waals surface area contributed by atoms with Gasteiger partial charge < -0.3 is 20.4 Å². The highest BCUT2D eigenvalue weighted by Crippen LogP contribution is 2.21. The van der Waals surface area contributed by atoms with Gasteiger partial charge in [-0.3, -0.25) is 9.59 Å². The lowest BCUT2D eigenvalue weighted by atomic mass is 10.1. The molecular weight excluding hydrogens is 398 g/mol. The number of nitrogens with one attached hydrogen (secondary N) is 3. The van der Waals surface area contributed by atoms with E-state index in [1.54, 1.807) is 29.3 Å². The summed E-state index contributed by atoms with van der Waals surface area (Å²) in [5.74, 6) is 0.666. The predicted molar refractivity (Wildman–Crippen MR) is 121 cm³/mol. The smallest absolute Gasteiger partial charge is 0.291 e. The summed E-state index contributed by atoms with van der Waals surface area (Å²) < 4.78 is 5.39. The highest BCUT2D eigenvalue weighted by Gasteiger charge is 2.16. The first-order chi connectivity index (χ1) is 14.6. The van der Waals surface area contributed by atoms with Crippen LogP contribution in [0.15, 0.2) is 59.8 Å². The monoisotopic (exact) mass is 421 g/mol. The number of benzene rings is 2. The number of carbonyl (C=O) groups is 2. The lowest BCUT2D eigenvalue weighted by Crippen LogP contribution is -2.26. The molecule has 0 radical (unpaired) electrons. The van der Waals surface area contributed by atoms with Gasteiger partial charge >= 0.3 is 0 Å². The summed E-state index contributed by atoms with van der Waals surface area (Å²) >= 11 is 1.55. The van der Waals surface area contributed by atoms with Gasteiger partial charge in [0, 0.05) is 46.1 Å². The topological polar surface area (TPSA) is 83.2 Å². The zero-order valence-electron chi connectivity index (χ0n) is 16.7. The summed E-state index contributed by atoms with van der Waals surface area (Å²) in [6.07, 6.45) is 2.71. The molecule has 0 saturated carbocycles. The maximum Gasteiger partial charge on any atom is 0.291 e. The molecule has 2 heterocycles. The Balaban J connectivity index is 1.38. The number of amides is 2. The van der Waals surface area contributed by atoms with E-state index in [2.05, 4.69) is 21.7 Å². The van der Waals surface area contributed by atoms with E-state index in [-0.39, 0.29) is 11.8 Å². The second kappa shape index (κ2) is 9.09. The predicted octanol–water partition coefficient (Wildman–Crippen LogP) is 3.99. The molecule has 30 heavy (non-hydrogen) atoms. The molecule has 3 N–H and O–H groups in total. The fourth-order valence-corrected chi connectivity index (χ4v) is 3.94. The van der Waals surface area contributed by atoms with E-state index < -0.39 is 0 Å². The van der Waals surface area contributed by atoms with Crippen LogP contribution < -0.4 is 10.6 Å². The highest BCUT2D eigenvalue weighted by atomic mass is 32.2. The summed E-state index contributed by atoms with van der Waals surface area (Å²) in [6, 6.07) is 13.4. The molecule has 0 saturated heterocycles. The Hall–Kier alpha value is -3.19. The zero-order chi connectivity index (χ0) is 20.9. The standard InChI is InChI=1S/C23H23N3O3S/c1-15-6-7-16(12-20(15)26-23(28)21-14-30-11-10-29-21)22(27)24-9-8-17-13-25-19-5-3-2-4-18(17)19/h2-7,12-14,25H,8-11H2,1H3,(H,24,27)(H,26,28). The van der Waals surface area contributed by atoms with Crippen molar-refractivity contribution in [2.45, 2.75) is 13.3 Å². The maximum atomic E-state index is 12.6. The molecule has 3 aromatic rings. The van der Waals surface area contributed by atoms with Crippen molar-refractivity contribution >= 4 is 40.2 Å². The lowest BCUT2D eigenvalue weighted by molar-refractivity contribution is -0.116. The molecule has 0 atom stereocenters. The fraction of sp³-hybridized carbons (Fsp3) is 0.217. The number of hydrogen-bond donors (Lipinski definition) is 3. The average Bonchev–Trinajstić information content (AvgIpc) is 3.19. The third kappa shape index (κ3) is 4.52. The molecule has 0 aliphatic carbocycles. The number of aromatic nitrogens is 1. The van der Waals surface area contributed by atoms with Gasteiger partial charge in [0.05, 0.1) is 6.61 Å². The minimum atomic E-state index is -0.304. The highest BCUT2D eigenvalue weighted by molar-refractivity contribution is 8.02. The van der Waals surface area contributed by atoms with E-state index in [4.69, 9.17) is 4.74 Å². The van der Waals surface area contributed by atoms with Crippen LogP contribution in [0.4, 0.5) is 5.69 Å². The van der Waals surface area contributed by atoms with Gasteiger partial charge in [0.2, 0.25) is 0 Å². The molecule has 2 aromatic carbocycles. The first kappa shape index (κ1) is 20.1. The minimum absolute atomic E-state index is 0.172. The number of hydrogen-bond acceptors (Lipinski definition) is 4. The summed E-state index contributed by atoms with van der Waals surface area (Å²) in [7, 11) is 0. The number of fused-ring (bicyclic) bond motifs is 1. The van der Waals surface area contributed by atoms with Gasteiger partial charge in [0.1, 0.15) is 0 Å². The quantitative estimate of drug-likeness (QED) is 0.562. The summed E-state index contributed by atoms with van der Waals surface area (Å²) in [5, 5.41) is 8.69. The molecule has 4 rings (SSSR count). The Labute approximate surface area is 179 Å². The molecule has 1 aromatic heterocycles. The van der Waals surface area contributed by atoms with Crippen molar-refractivity contribution in [1.82, 2.24) is 10.3 Å². The SMILES string of the molecule is Cc1ccc(C(=O)NCCc2c[nH]c3ccccc23)cc1NC(=O)C1=CSCCO1. The Morgan fingerprint density at radius 3 is 2.87 bits per heavy atom. The van der Waals surface area contributed by atoms with Gasteiger partial charge in [-0.2, -0.15) is 0 Å². The molecule has 7 heteroatoms. The molecule has 0 fully saturated rings. The maximum absolute atomic E-state index is 12.6. The normalized spacial score (nSPS) is 13.4. The van der Waals surface area contributed by atoms with Crippen LogP contribution in [0.25, 0.3) is 10.9 Å². The number of para-hydroxylation sites is 1. The lowest BCUT2D eigenvalue weighted by Gasteiger charge is -2.15. The first-order valence-corrected chi connectivity index (χ1v) is 10.9. The number of ether oxygens (including phenoxy) is 1. The van der Waals surface area contributed by atoms with Crippen LogP contribution in [0.3, 0.4) is 0 Å². The Bertz CT molecular complexity index is 1120. The van der Waals surface area contributed by atoms with Gasteiger partial charge in [-0.15, -0.1) is 11.8 Å². The molecule has 1 aliphatic rings. The molecule has 0 bridgehead atoms. The van der Waals surface area contributed by atoms with Crippen molar-refractivity contribution in [3.8, 4) is 0 Å². The molecule has 0 unspecified atom stereocenters. The third-order valence-corrected chi connectivity index (χ3v) is 5.76. The Kier molecular flexibility index (Phi) is 6.09. The van der Waals surface area contributed by atoms with Crippen molar-refractivity contribution in [2.24, 2.45) is 0 Å². The fourth-order valence-electron chi connectivity index (χ4n) is 3.32. The number of rotatable bonds is 6. The molecular formula is C23H23N3O3S. The van der Waals surface area contributed by atoms with Crippen LogP contribution in [0.2, 0.25) is 0 Å². The summed E-state index contributed by atoms with van der Waals surface area (Å²) in [6.45, 7) is 2.93. The van der Waals surface area contributed by atoms with Crippen molar-refractivity contribution in [2.75, 3.05) is 24.2 Å². The van der Waals surface area contributed by atoms with E-state index in [1.165, 1.54) is 10.9 Å². The van der Waals surface area contributed by atoms with Crippen molar-refractivity contribution < 1.29 is 14.3 Å². The number of aromatic amines is 1. The van der Waals surface area contributed by atoms with Gasteiger partial charge in [-0.1, -0.05) is 24.3 Å². The first-order valence-electron chi connectivity index (χ1n) is 9.81. The van der Waals surface area contributed by atoms with Crippen molar-refractivity contribution in [3.05, 3.63) is 76.5 Å². The number of thioether (sulfide) groups is 1. The van der Waals surface area contributed by atoms with E-state index in [9.17, 15) is 9.59 Å². The number of H-pyrrole nitrogens is 1. The van der Waals surface area contributed by atoms with Crippen LogP contribution in [0.1, 0.15) is 21.5 Å².